The van der Waals surface area contributed by atoms with E-state index in [-0.39, 0.29) is 30.0 Å². The summed E-state index contributed by atoms with van der Waals surface area (Å²) in [7, 11) is 0. The first-order valence-corrected chi connectivity index (χ1v) is 8.46. The van der Waals surface area contributed by atoms with Gasteiger partial charge in [-0.2, -0.15) is 0 Å². The normalized spacial score (nSPS) is 20.1. The number of hydrogen-bond acceptors (Lipinski definition) is 7. The number of H-pyrrole nitrogens is 1. The van der Waals surface area contributed by atoms with Crippen LogP contribution >= 0.6 is 0 Å². The Morgan fingerprint density at radius 3 is 3.04 bits per heavy atom. The molecule has 1 aliphatic rings. The third-order valence-corrected chi connectivity index (χ3v) is 4.41. The molecule has 0 spiro atoms. The lowest BCUT2D eigenvalue weighted by molar-refractivity contribution is -0.126. The molecule has 140 valence electrons. The molecule has 0 unspecified atom stereocenters. The van der Waals surface area contributed by atoms with Gasteiger partial charge in [0.15, 0.2) is 0 Å². The van der Waals surface area contributed by atoms with Crippen LogP contribution in [-0.4, -0.2) is 46.4 Å². The van der Waals surface area contributed by atoms with Crippen LogP contribution in [0.1, 0.15) is 29.0 Å². The summed E-state index contributed by atoms with van der Waals surface area (Å²) in [6, 6.07) is -0.285. The topological polar surface area (TPSA) is 119 Å². The van der Waals surface area contributed by atoms with Crippen LogP contribution in [0.3, 0.4) is 0 Å². The van der Waals surface area contributed by atoms with Gasteiger partial charge in [-0.25, -0.2) is 4.98 Å². The Kier molecular flexibility index (Phi) is 5.79. The minimum Gasteiger partial charge on any atom is -0.379 e. The molecule has 2 atom stereocenters. The van der Waals surface area contributed by atoms with Gasteiger partial charge >= 0.3 is 0 Å². The number of nitrogens with one attached hydrogen (secondary N) is 2. The minimum absolute atomic E-state index is 0.0454. The number of ether oxygens (including phenoxy) is 2. The van der Waals surface area contributed by atoms with Crippen LogP contribution in [0.5, 0.6) is 0 Å². The molecule has 1 amide bonds. The van der Waals surface area contributed by atoms with Crippen molar-refractivity contribution in [2.24, 2.45) is 0 Å². The molecule has 26 heavy (non-hydrogen) atoms. The number of aromatic nitrogens is 3. The molecule has 0 radical (unpaired) electrons. The van der Waals surface area contributed by atoms with E-state index in [0.717, 1.165) is 17.0 Å². The zero-order valence-electron chi connectivity index (χ0n) is 14.8. The average Bonchev–Trinajstić information content (AvgIpc) is 2.94. The summed E-state index contributed by atoms with van der Waals surface area (Å²) in [6.07, 6.45) is 3.12. The van der Waals surface area contributed by atoms with Gasteiger partial charge in [-0.3, -0.25) is 9.59 Å². The summed E-state index contributed by atoms with van der Waals surface area (Å²) in [5.41, 5.74) is 1.71. The minimum atomic E-state index is -0.318. The second-order valence-corrected chi connectivity index (χ2v) is 6.27. The van der Waals surface area contributed by atoms with Crippen LogP contribution in [0.15, 0.2) is 21.8 Å². The Labute approximate surface area is 150 Å². The molecule has 0 aromatic carbocycles. The Morgan fingerprint density at radius 1 is 1.46 bits per heavy atom. The molecule has 1 aliphatic heterocycles. The summed E-state index contributed by atoms with van der Waals surface area (Å²) < 4.78 is 16.6. The van der Waals surface area contributed by atoms with Crippen molar-refractivity contribution in [3.8, 4) is 0 Å². The smallest absolute Gasteiger partial charge is 0.254 e. The molecule has 1 fully saturated rings. The molecule has 9 heteroatoms. The molecule has 3 rings (SSSR count). The van der Waals surface area contributed by atoms with Crippen molar-refractivity contribution >= 4 is 5.91 Å². The number of aromatic amines is 1. The van der Waals surface area contributed by atoms with Gasteiger partial charge < -0.3 is 24.3 Å². The van der Waals surface area contributed by atoms with Crippen molar-refractivity contribution in [2.45, 2.75) is 45.4 Å². The maximum atomic E-state index is 12.3. The number of hydrogen-bond donors (Lipinski definition) is 2. The predicted octanol–water partition coefficient (Wildman–Crippen LogP) is 0.408. The highest BCUT2D eigenvalue weighted by molar-refractivity contribution is 5.78. The molecular weight excluding hydrogens is 340 g/mol. The standard InChI is InChI=1S/C17H22N4O5/c1-10-13(11(2)26-21-10)7-25-15-3-4-24-8-14(15)20-16(22)5-12-6-18-9-19-17(12)23/h6,9,14-15H,3-5,7-8H2,1-2H3,(H,20,22)(H,18,19,23)/t14-,15+/m1/s1. The Balaban J connectivity index is 1.59. The van der Waals surface area contributed by atoms with Crippen LogP contribution < -0.4 is 10.9 Å². The van der Waals surface area contributed by atoms with Crippen LogP contribution in [0.2, 0.25) is 0 Å². The van der Waals surface area contributed by atoms with E-state index in [1.54, 1.807) is 0 Å². The zero-order valence-corrected chi connectivity index (χ0v) is 14.8. The zero-order chi connectivity index (χ0) is 18.5. The van der Waals surface area contributed by atoms with Crippen LogP contribution in [-0.2, 0) is 27.3 Å². The first kappa shape index (κ1) is 18.3. The number of carbonyl (C=O) groups excluding carboxylic acids is 1. The van der Waals surface area contributed by atoms with E-state index in [1.807, 2.05) is 13.8 Å². The van der Waals surface area contributed by atoms with Crippen molar-refractivity contribution in [3.63, 3.8) is 0 Å². The van der Waals surface area contributed by atoms with E-state index in [1.165, 1.54) is 12.5 Å². The summed E-state index contributed by atoms with van der Waals surface area (Å²) in [5.74, 6) is 0.455. The number of rotatable bonds is 6. The highest BCUT2D eigenvalue weighted by Crippen LogP contribution is 2.18. The van der Waals surface area contributed by atoms with Gasteiger partial charge in [0.05, 0.1) is 43.8 Å². The summed E-state index contributed by atoms with van der Waals surface area (Å²) in [5, 5.41) is 6.81. The van der Waals surface area contributed by atoms with Crippen LogP contribution in [0.4, 0.5) is 0 Å². The van der Waals surface area contributed by atoms with E-state index in [2.05, 4.69) is 20.4 Å². The summed E-state index contributed by atoms with van der Waals surface area (Å²) in [6.45, 7) is 5.00. The fourth-order valence-electron chi connectivity index (χ4n) is 2.88. The van der Waals surface area contributed by atoms with Crippen molar-refractivity contribution in [1.82, 2.24) is 20.4 Å². The second kappa shape index (κ2) is 8.24. The highest BCUT2D eigenvalue weighted by Gasteiger charge is 2.28. The van der Waals surface area contributed by atoms with Crippen molar-refractivity contribution in [1.29, 1.82) is 0 Å². The lowest BCUT2D eigenvalue weighted by atomic mass is 10.1. The SMILES string of the molecule is Cc1noc(C)c1CO[C@H]1CCOC[C@H]1NC(=O)Cc1cnc[nH]c1=O. The van der Waals surface area contributed by atoms with Gasteiger partial charge in [0.2, 0.25) is 5.91 Å². The Bertz CT molecular complexity index is 796. The third-order valence-electron chi connectivity index (χ3n) is 4.41. The molecule has 9 nitrogen and oxygen atoms in total. The highest BCUT2D eigenvalue weighted by atomic mass is 16.5. The van der Waals surface area contributed by atoms with E-state index < -0.39 is 0 Å². The van der Waals surface area contributed by atoms with Crippen molar-refractivity contribution < 1.29 is 18.8 Å². The fraction of sp³-hybridized carbons (Fsp3) is 0.529. The molecule has 3 heterocycles. The van der Waals surface area contributed by atoms with Gasteiger partial charge in [0.1, 0.15) is 5.76 Å². The molecule has 2 aromatic rings. The van der Waals surface area contributed by atoms with Gasteiger partial charge in [-0.15, -0.1) is 0 Å². The summed E-state index contributed by atoms with van der Waals surface area (Å²) in [4.78, 5) is 30.2. The maximum Gasteiger partial charge on any atom is 0.254 e. The number of nitrogens with zero attached hydrogens (tertiary/aromatic N) is 2. The number of amides is 1. The van der Waals surface area contributed by atoms with Crippen LogP contribution in [0, 0.1) is 13.8 Å². The van der Waals surface area contributed by atoms with Crippen molar-refractivity contribution in [3.05, 3.63) is 45.5 Å². The quantitative estimate of drug-likeness (QED) is 0.763. The Morgan fingerprint density at radius 2 is 2.31 bits per heavy atom. The van der Waals surface area contributed by atoms with E-state index in [9.17, 15) is 9.59 Å². The van der Waals surface area contributed by atoms with Gasteiger partial charge in [0.25, 0.3) is 5.56 Å². The molecular formula is C17H22N4O5. The Hall–Kier alpha value is -2.52. The third kappa shape index (κ3) is 4.36. The van der Waals surface area contributed by atoms with Crippen molar-refractivity contribution in [2.75, 3.05) is 13.2 Å². The maximum absolute atomic E-state index is 12.3. The van der Waals surface area contributed by atoms with Crippen LogP contribution in [0.25, 0.3) is 0 Å². The first-order valence-electron chi connectivity index (χ1n) is 8.46. The predicted molar refractivity (Wildman–Crippen MR) is 90.5 cm³/mol. The fourth-order valence-corrected chi connectivity index (χ4v) is 2.88. The number of aryl methyl sites for hydroxylation is 2. The second-order valence-electron chi connectivity index (χ2n) is 6.27. The largest absolute Gasteiger partial charge is 0.379 e. The molecule has 0 bridgehead atoms. The molecule has 1 saturated heterocycles. The lowest BCUT2D eigenvalue weighted by Crippen LogP contribution is -2.51. The molecule has 2 N–H and O–H groups in total. The first-order chi connectivity index (χ1) is 12.5. The van der Waals surface area contributed by atoms with E-state index >= 15 is 0 Å². The van der Waals surface area contributed by atoms with E-state index in [0.29, 0.717) is 31.8 Å². The van der Waals surface area contributed by atoms with Gasteiger partial charge in [-0.05, 0) is 20.3 Å². The molecule has 2 aromatic heterocycles. The monoisotopic (exact) mass is 362 g/mol. The molecule has 0 aliphatic carbocycles. The lowest BCUT2D eigenvalue weighted by Gasteiger charge is -2.32. The number of carbonyl (C=O) groups is 1. The average molecular weight is 362 g/mol. The van der Waals surface area contributed by atoms with E-state index in [4.69, 9.17) is 14.0 Å². The van der Waals surface area contributed by atoms with Gasteiger partial charge in [0, 0.05) is 23.9 Å². The summed E-state index contributed by atoms with van der Waals surface area (Å²) >= 11 is 0. The van der Waals surface area contributed by atoms with Gasteiger partial charge in [-0.1, -0.05) is 5.16 Å². The molecule has 0 saturated carbocycles.